The van der Waals surface area contributed by atoms with E-state index in [1.165, 1.54) is 0 Å². The minimum atomic E-state index is -4.85. The number of ketones is 1. The van der Waals surface area contributed by atoms with Crippen molar-refractivity contribution < 1.29 is 22.8 Å². The van der Waals surface area contributed by atoms with E-state index in [-0.39, 0.29) is 0 Å². The van der Waals surface area contributed by atoms with Gasteiger partial charge in [0.1, 0.15) is 0 Å². The van der Waals surface area contributed by atoms with E-state index in [2.05, 4.69) is 5.10 Å². The Morgan fingerprint density at radius 1 is 1.33 bits per heavy atom. The second-order valence-corrected chi connectivity index (χ2v) is 2.10. The maximum Gasteiger partial charge on any atom is 0.439 e. The highest BCUT2D eigenvalue weighted by Gasteiger charge is 2.48. The zero-order valence-corrected chi connectivity index (χ0v) is 5.84. The van der Waals surface area contributed by atoms with Gasteiger partial charge in [-0.05, 0) is 0 Å². The standard InChI is InChI=1S/C5H3F3N2O2/c1-10-4(12)2(11)3(9-10)5(6,7)8/h1H3. The Labute approximate surface area is 64.6 Å². The van der Waals surface area contributed by atoms with Crippen LogP contribution in [0.2, 0.25) is 0 Å². The highest BCUT2D eigenvalue weighted by atomic mass is 19.4. The van der Waals surface area contributed by atoms with Gasteiger partial charge in [-0.1, -0.05) is 0 Å². The van der Waals surface area contributed by atoms with Crippen LogP contribution in [0, 0.1) is 0 Å². The van der Waals surface area contributed by atoms with Crippen molar-refractivity contribution in [2.45, 2.75) is 6.18 Å². The summed E-state index contributed by atoms with van der Waals surface area (Å²) in [4.78, 5) is 21.0. The fraction of sp³-hybridized carbons (Fsp3) is 0.400. The van der Waals surface area contributed by atoms with Crippen molar-refractivity contribution in [2.24, 2.45) is 5.10 Å². The first-order valence-corrected chi connectivity index (χ1v) is 2.82. The smallest absolute Gasteiger partial charge is 0.281 e. The number of carbonyl (C=O) groups is 2. The molecule has 1 rings (SSSR count). The van der Waals surface area contributed by atoms with Gasteiger partial charge in [-0.25, -0.2) is 5.01 Å². The number of amides is 1. The molecule has 1 amide bonds. The second-order valence-electron chi connectivity index (χ2n) is 2.10. The molecule has 0 aromatic heterocycles. The summed E-state index contributed by atoms with van der Waals surface area (Å²) >= 11 is 0. The number of hydrogen-bond acceptors (Lipinski definition) is 3. The second kappa shape index (κ2) is 2.29. The number of likely N-dealkylation sites (N-methyl/N-ethyl adjacent to an activating group) is 1. The number of Topliss-reactive ketones (excluding diaryl/α,β-unsaturated/α-hetero) is 1. The Morgan fingerprint density at radius 2 is 1.83 bits per heavy atom. The lowest BCUT2D eigenvalue weighted by Crippen LogP contribution is -2.32. The monoisotopic (exact) mass is 180 g/mol. The summed E-state index contributed by atoms with van der Waals surface area (Å²) in [6.07, 6.45) is -4.85. The number of alkyl halides is 3. The third-order valence-electron chi connectivity index (χ3n) is 1.22. The van der Waals surface area contributed by atoms with E-state index in [4.69, 9.17) is 0 Å². The molecular weight excluding hydrogens is 177 g/mol. The van der Waals surface area contributed by atoms with Gasteiger partial charge in [0.05, 0.1) is 0 Å². The lowest BCUT2D eigenvalue weighted by molar-refractivity contribution is -0.139. The Bertz CT molecular complexity index is 281. The maximum atomic E-state index is 11.8. The topological polar surface area (TPSA) is 49.7 Å². The van der Waals surface area contributed by atoms with Crippen LogP contribution in [0.25, 0.3) is 0 Å². The van der Waals surface area contributed by atoms with Gasteiger partial charge in [0.15, 0.2) is 0 Å². The fourth-order valence-corrected chi connectivity index (χ4v) is 0.674. The van der Waals surface area contributed by atoms with Crippen molar-refractivity contribution in [1.82, 2.24) is 5.01 Å². The van der Waals surface area contributed by atoms with Gasteiger partial charge in [-0.2, -0.15) is 18.3 Å². The average molecular weight is 180 g/mol. The van der Waals surface area contributed by atoms with E-state index in [0.717, 1.165) is 7.05 Å². The first kappa shape index (κ1) is 8.69. The van der Waals surface area contributed by atoms with Crippen molar-refractivity contribution in [1.29, 1.82) is 0 Å². The quantitative estimate of drug-likeness (QED) is 0.490. The molecule has 0 atom stereocenters. The predicted molar refractivity (Wildman–Crippen MR) is 31.3 cm³/mol. The van der Waals surface area contributed by atoms with E-state index in [0.29, 0.717) is 5.01 Å². The number of halogens is 3. The minimum absolute atomic E-state index is 0.366. The van der Waals surface area contributed by atoms with E-state index in [1.807, 2.05) is 0 Å². The highest BCUT2D eigenvalue weighted by Crippen LogP contribution is 2.21. The molecule has 0 aromatic rings. The first-order chi connectivity index (χ1) is 5.34. The number of carbonyl (C=O) groups excluding carboxylic acids is 2. The van der Waals surface area contributed by atoms with E-state index >= 15 is 0 Å². The molecule has 1 aliphatic heterocycles. The lowest BCUT2D eigenvalue weighted by Gasteiger charge is -2.00. The van der Waals surface area contributed by atoms with Crippen molar-refractivity contribution in [3.05, 3.63) is 0 Å². The molecule has 0 spiro atoms. The summed E-state index contributed by atoms with van der Waals surface area (Å²) in [5.41, 5.74) is -1.66. The highest BCUT2D eigenvalue weighted by molar-refractivity contribution is 6.67. The predicted octanol–water partition coefficient (Wildman–Crippen LogP) is -0.0542. The zero-order chi connectivity index (χ0) is 9.52. The van der Waals surface area contributed by atoms with Crippen molar-refractivity contribution in [2.75, 3.05) is 7.05 Å². The van der Waals surface area contributed by atoms with Gasteiger partial charge in [-0.15, -0.1) is 0 Å². The third-order valence-corrected chi connectivity index (χ3v) is 1.22. The number of hydrazone groups is 1. The summed E-state index contributed by atoms with van der Waals surface area (Å²) < 4.78 is 35.5. The summed E-state index contributed by atoms with van der Waals surface area (Å²) in [5, 5.41) is 3.11. The molecule has 1 aliphatic rings. The molecule has 0 saturated carbocycles. The molecule has 66 valence electrons. The fourth-order valence-electron chi connectivity index (χ4n) is 0.674. The molecule has 4 nitrogen and oxygen atoms in total. The molecule has 0 fully saturated rings. The van der Waals surface area contributed by atoms with Crippen LogP contribution in [0.1, 0.15) is 0 Å². The van der Waals surface area contributed by atoms with Gasteiger partial charge < -0.3 is 0 Å². The zero-order valence-electron chi connectivity index (χ0n) is 5.84. The Kier molecular flexibility index (Phi) is 1.66. The Balaban J connectivity index is 3.03. The SMILES string of the molecule is CN1N=C(C(F)(F)F)C(=O)C1=O. The molecule has 0 aliphatic carbocycles. The Hall–Kier alpha value is -1.40. The molecule has 0 N–H and O–H groups in total. The summed E-state index contributed by atoms with van der Waals surface area (Å²) in [5.74, 6) is -2.87. The van der Waals surface area contributed by atoms with Gasteiger partial charge in [0, 0.05) is 7.05 Å². The van der Waals surface area contributed by atoms with Crippen LogP contribution in [0.5, 0.6) is 0 Å². The van der Waals surface area contributed by atoms with Crippen molar-refractivity contribution in [3.8, 4) is 0 Å². The van der Waals surface area contributed by atoms with Crippen LogP contribution in [-0.2, 0) is 9.59 Å². The number of nitrogens with zero attached hydrogens (tertiary/aromatic N) is 2. The molecule has 0 aromatic carbocycles. The molecule has 0 bridgehead atoms. The van der Waals surface area contributed by atoms with E-state index in [9.17, 15) is 22.8 Å². The van der Waals surface area contributed by atoms with Gasteiger partial charge in [-0.3, -0.25) is 9.59 Å². The number of hydrogen-bond donors (Lipinski definition) is 0. The van der Waals surface area contributed by atoms with Gasteiger partial charge in [0.25, 0.3) is 5.78 Å². The molecule has 1 heterocycles. The first-order valence-electron chi connectivity index (χ1n) is 2.82. The number of rotatable bonds is 0. The lowest BCUT2D eigenvalue weighted by atomic mass is 10.2. The molecule has 0 saturated heterocycles. The summed E-state index contributed by atoms with van der Waals surface area (Å²) in [6, 6.07) is 0. The summed E-state index contributed by atoms with van der Waals surface area (Å²) in [7, 11) is 0.985. The largest absolute Gasteiger partial charge is 0.439 e. The molecular formula is C5H3F3N2O2. The van der Waals surface area contributed by atoms with Crippen LogP contribution in [0.15, 0.2) is 5.10 Å². The van der Waals surface area contributed by atoms with Crippen LogP contribution >= 0.6 is 0 Å². The van der Waals surface area contributed by atoms with Crippen LogP contribution in [-0.4, -0.2) is 35.6 Å². The normalized spacial score (nSPS) is 18.7. The van der Waals surface area contributed by atoms with Gasteiger partial charge in [0.2, 0.25) is 5.71 Å². The molecule has 7 heteroatoms. The Morgan fingerprint density at radius 3 is 2.00 bits per heavy atom. The van der Waals surface area contributed by atoms with Crippen molar-refractivity contribution in [3.63, 3.8) is 0 Å². The molecule has 0 unspecified atom stereocenters. The minimum Gasteiger partial charge on any atom is -0.281 e. The van der Waals surface area contributed by atoms with E-state index in [1.54, 1.807) is 0 Å². The maximum absolute atomic E-state index is 11.8. The van der Waals surface area contributed by atoms with Crippen LogP contribution in [0.3, 0.4) is 0 Å². The third kappa shape index (κ3) is 1.17. The van der Waals surface area contributed by atoms with Crippen LogP contribution < -0.4 is 0 Å². The average Bonchev–Trinajstić information content (AvgIpc) is 2.15. The van der Waals surface area contributed by atoms with Crippen LogP contribution in [0.4, 0.5) is 13.2 Å². The van der Waals surface area contributed by atoms with Crippen molar-refractivity contribution >= 4 is 17.4 Å². The van der Waals surface area contributed by atoms with Gasteiger partial charge >= 0.3 is 12.1 Å². The molecule has 0 radical (unpaired) electrons. The van der Waals surface area contributed by atoms with E-state index < -0.39 is 23.6 Å². The molecule has 12 heavy (non-hydrogen) atoms. The summed E-state index contributed by atoms with van der Waals surface area (Å²) in [6.45, 7) is 0.